The van der Waals surface area contributed by atoms with E-state index in [9.17, 15) is 4.39 Å². The number of anilines is 1. The summed E-state index contributed by atoms with van der Waals surface area (Å²) in [6, 6.07) is 5.27. The molecule has 0 amide bonds. The zero-order chi connectivity index (χ0) is 11.5. The molecule has 16 heavy (non-hydrogen) atoms. The first-order valence-corrected chi connectivity index (χ1v) is 5.87. The minimum atomic E-state index is -0.372. The first kappa shape index (κ1) is 11.7. The van der Waals surface area contributed by atoms with E-state index < -0.39 is 0 Å². The van der Waals surface area contributed by atoms with Gasteiger partial charge in [0.25, 0.3) is 0 Å². The van der Waals surface area contributed by atoms with Crippen LogP contribution in [0.4, 0.5) is 10.1 Å². The van der Waals surface area contributed by atoms with Crippen LogP contribution < -0.4 is 5.32 Å². The highest BCUT2D eigenvalue weighted by Crippen LogP contribution is 2.25. The van der Waals surface area contributed by atoms with Gasteiger partial charge in [-0.25, -0.2) is 4.39 Å². The summed E-state index contributed by atoms with van der Waals surface area (Å²) in [7, 11) is 0. The number of rotatable bonds is 2. The molecule has 1 fully saturated rings. The molecule has 4 heteroatoms. The molecular formula is C12H15ClFNO. The van der Waals surface area contributed by atoms with Crippen molar-refractivity contribution >= 4 is 17.3 Å². The highest BCUT2D eigenvalue weighted by Gasteiger charge is 2.20. The second kappa shape index (κ2) is 5.02. The van der Waals surface area contributed by atoms with Gasteiger partial charge >= 0.3 is 0 Å². The van der Waals surface area contributed by atoms with Crippen LogP contribution in [0.3, 0.4) is 0 Å². The van der Waals surface area contributed by atoms with E-state index in [0.29, 0.717) is 5.69 Å². The van der Waals surface area contributed by atoms with Gasteiger partial charge in [-0.15, -0.1) is 0 Å². The van der Waals surface area contributed by atoms with Crippen LogP contribution in [-0.4, -0.2) is 18.8 Å². The molecule has 1 aliphatic rings. The summed E-state index contributed by atoms with van der Waals surface area (Å²) >= 11 is 5.72. The van der Waals surface area contributed by atoms with Gasteiger partial charge in [-0.05, 0) is 31.9 Å². The minimum Gasteiger partial charge on any atom is -0.380 e. The third-order valence-electron chi connectivity index (χ3n) is 2.80. The fourth-order valence-corrected chi connectivity index (χ4v) is 2.14. The number of nitrogens with one attached hydrogen (secondary N) is 1. The minimum absolute atomic E-state index is 0.158. The Hall–Kier alpha value is -0.800. The SMILES string of the molecule is CC1CC(Nc2cccc(Cl)c2F)CCO1. The van der Waals surface area contributed by atoms with Gasteiger partial charge in [-0.3, -0.25) is 0 Å². The Balaban J connectivity index is 2.05. The molecule has 0 saturated carbocycles. The van der Waals surface area contributed by atoms with Crippen LogP contribution in [0.25, 0.3) is 0 Å². The van der Waals surface area contributed by atoms with Gasteiger partial charge in [-0.1, -0.05) is 17.7 Å². The Morgan fingerprint density at radius 3 is 3.06 bits per heavy atom. The van der Waals surface area contributed by atoms with Crippen LogP contribution in [0.1, 0.15) is 19.8 Å². The molecule has 1 aromatic carbocycles. The lowest BCUT2D eigenvalue weighted by Gasteiger charge is -2.28. The Morgan fingerprint density at radius 1 is 1.50 bits per heavy atom. The van der Waals surface area contributed by atoms with Gasteiger partial charge in [0.2, 0.25) is 0 Å². The lowest BCUT2D eigenvalue weighted by Crippen LogP contribution is -2.32. The molecule has 0 radical (unpaired) electrons. The molecule has 1 heterocycles. The molecule has 1 N–H and O–H groups in total. The van der Waals surface area contributed by atoms with Crippen molar-refractivity contribution < 1.29 is 9.13 Å². The van der Waals surface area contributed by atoms with E-state index in [0.717, 1.165) is 19.4 Å². The molecule has 2 atom stereocenters. The second-order valence-corrected chi connectivity index (χ2v) is 4.56. The molecule has 2 nitrogen and oxygen atoms in total. The average Bonchev–Trinajstić information content (AvgIpc) is 2.25. The van der Waals surface area contributed by atoms with Gasteiger partial charge in [0.1, 0.15) is 0 Å². The highest BCUT2D eigenvalue weighted by molar-refractivity contribution is 6.31. The summed E-state index contributed by atoms with van der Waals surface area (Å²) < 4.78 is 19.1. The van der Waals surface area contributed by atoms with Crippen LogP contribution in [0, 0.1) is 5.82 Å². The molecule has 2 unspecified atom stereocenters. The van der Waals surface area contributed by atoms with E-state index in [2.05, 4.69) is 5.32 Å². The molecule has 88 valence electrons. The van der Waals surface area contributed by atoms with Crippen molar-refractivity contribution in [1.29, 1.82) is 0 Å². The molecule has 1 aromatic rings. The van der Waals surface area contributed by atoms with Crippen molar-refractivity contribution in [3.05, 3.63) is 29.0 Å². The van der Waals surface area contributed by atoms with E-state index in [1.165, 1.54) is 0 Å². The maximum absolute atomic E-state index is 13.6. The Morgan fingerprint density at radius 2 is 2.31 bits per heavy atom. The summed E-state index contributed by atoms with van der Waals surface area (Å²) in [4.78, 5) is 0. The molecule has 2 rings (SSSR count). The largest absolute Gasteiger partial charge is 0.380 e. The fourth-order valence-electron chi connectivity index (χ4n) is 1.96. The van der Waals surface area contributed by atoms with Crippen molar-refractivity contribution in [1.82, 2.24) is 0 Å². The van der Waals surface area contributed by atoms with Crippen LogP contribution >= 0.6 is 11.6 Å². The van der Waals surface area contributed by atoms with Gasteiger partial charge in [0.05, 0.1) is 16.8 Å². The van der Waals surface area contributed by atoms with E-state index >= 15 is 0 Å². The summed E-state index contributed by atoms with van der Waals surface area (Å²) in [6.07, 6.45) is 2.02. The zero-order valence-corrected chi connectivity index (χ0v) is 9.93. The smallest absolute Gasteiger partial charge is 0.164 e. The van der Waals surface area contributed by atoms with Crippen molar-refractivity contribution in [2.24, 2.45) is 0 Å². The van der Waals surface area contributed by atoms with Crippen molar-refractivity contribution in [2.75, 3.05) is 11.9 Å². The number of benzene rings is 1. The number of hydrogen-bond donors (Lipinski definition) is 1. The van der Waals surface area contributed by atoms with Crippen LogP contribution in [0.15, 0.2) is 18.2 Å². The quantitative estimate of drug-likeness (QED) is 0.859. The lowest BCUT2D eigenvalue weighted by molar-refractivity contribution is 0.0232. The summed E-state index contributed by atoms with van der Waals surface area (Å²) in [5, 5.41) is 3.34. The third-order valence-corrected chi connectivity index (χ3v) is 3.09. The number of hydrogen-bond acceptors (Lipinski definition) is 2. The van der Waals surface area contributed by atoms with E-state index in [1.54, 1.807) is 18.2 Å². The van der Waals surface area contributed by atoms with Gasteiger partial charge in [0, 0.05) is 12.6 Å². The first-order chi connectivity index (χ1) is 7.66. The monoisotopic (exact) mass is 243 g/mol. The molecule has 1 aliphatic heterocycles. The maximum Gasteiger partial charge on any atom is 0.164 e. The number of halogens is 2. The number of ether oxygens (including phenoxy) is 1. The molecule has 0 bridgehead atoms. The predicted molar refractivity (Wildman–Crippen MR) is 63.5 cm³/mol. The molecule has 0 spiro atoms. The van der Waals surface area contributed by atoms with E-state index in [4.69, 9.17) is 16.3 Å². The summed E-state index contributed by atoms with van der Waals surface area (Å²) in [5.74, 6) is -0.372. The fraction of sp³-hybridized carbons (Fsp3) is 0.500. The first-order valence-electron chi connectivity index (χ1n) is 5.49. The summed E-state index contributed by atoms with van der Waals surface area (Å²) in [5.41, 5.74) is 0.478. The summed E-state index contributed by atoms with van der Waals surface area (Å²) in [6.45, 7) is 2.75. The Kier molecular flexibility index (Phi) is 3.66. The molecule has 1 saturated heterocycles. The molecule has 0 aliphatic carbocycles. The Labute approximate surface area is 99.7 Å². The highest BCUT2D eigenvalue weighted by atomic mass is 35.5. The van der Waals surface area contributed by atoms with Crippen LogP contribution in [0.2, 0.25) is 5.02 Å². The van der Waals surface area contributed by atoms with Gasteiger partial charge in [-0.2, -0.15) is 0 Å². The van der Waals surface area contributed by atoms with E-state index in [-0.39, 0.29) is 23.0 Å². The van der Waals surface area contributed by atoms with Crippen molar-refractivity contribution in [2.45, 2.75) is 31.9 Å². The predicted octanol–water partition coefficient (Wildman–Crippen LogP) is 3.46. The van der Waals surface area contributed by atoms with E-state index in [1.807, 2.05) is 6.92 Å². The standard InChI is InChI=1S/C12H15ClFNO/c1-8-7-9(5-6-16-8)15-11-4-2-3-10(13)12(11)14/h2-4,8-9,15H,5-7H2,1H3. The Bertz CT molecular complexity index is 372. The average molecular weight is 244 g/mol. The van der Waals surface area contributed by atoms with Gasteiger partial charge < -0.3 is 10.1 Å². The lowest BCUT2D eigenvalue weighted by atomic mass is 10.0. The second-order valence-electron chi connectivity index (χ2n) is 4.15. The molecule has 0 aromatic heterocycles. The third kappa shape index (κ3) is 2.66. The normalized spacial score (nSPS) is 25.4. The van der Waals surface area contributed by atoms with Crippen LogP contribution in [0.5, 0.6) is 0 Å². The maximum atomic E-state index is 13.6. The van der Waals surface area contributed by atoms with Crippen LogP contribution in [-0.2, 0) is 4.74 Å². The zero-order valence-electron chi connectivity index (χ0n) is 9.17. The topological polar surface area (TPSA) is 21.3 Å². The van der Waals surface area contributed by atoms with Crippen molar-refractivity contribution in [3.63, 3.8) is 0 Å². The van der Waals surface area contributed by atoms with Crippen molar-refractivity contribution in [3.8, 4) is 0 Å². The van der Waals surface area contributed by atoms with Gasteiger partial charge in [0.15, 0.2) is 5.82 Å². The molecular weight excluding hydrogens is 229 g/mol.